The predicted octanol–water partition coefficient (Wildman–Crippen LogP) is 4.90. The van der Waals surface area contributed by atoms with Crippen molar-refractivity contribution in [1.82, 2.24) is 24.6 Å². The Labute approximate surface area is 231 Å². The zero-order valence-electron chi connectivity index (χ0n) is 21.3. The van der Waals surface area contributed by atoms with E-state index in [2.05, 4.69) is 26.8 Å². The Balaban J connectivity index is 1.58. The number of halogens is 6. The fourth-order valence-electron chi connectivity index (χ4n) is 4.60. The van der Waals surface area contributed by atoms with Crippen LogP contribution in [0.25, 0.3) is 11.1 Å². The number of carbonyl (C=O) groups excluding carboxylic acids is 1. The van der Waals surface area contributed by atoms with Gasteiger partial charge in [0.1, 0.15) is 11.9 Å². The van der Waals surface area contributed by atoms with E-state index in [1.807, 2.05) is 0 Å². The third-order valence-corrected chi connectivity index (χ3v) is 8.71. The number of hydrogen-bond acceptors (Lipinski definition) is 6. The SMILES string of the molecule is C=C[C@@H]1C[C@@H](C(=O)NCc2cc(-c3cnc(C(F)(F)F)nc3)c(C(F)F)cn2)N(S(=O)(=O)c2ccc(F)cc2)[C@H]1C. The van der Waals surface area contributed by atoms with E-state index in [9.17, 15) is 39.6 Å². The topological polar surface area (TPSA) is 105 Å². The summed E-state index contributed by atoms with van der Waals surface area (Å²) in [5.41, 5.74) is -0.830. The standard InChI is InChI=1S/C26H23F6N5O3S/c1-3-15-8-22(37(14(15)2)41(39,40)19-6-4-17(27)5-7-19)24(38)34-12-18-9-20(21(13-33-18)23(28)29)16-10-35-25(36-11-16)26(30,31)32/h3-7,9-11,13-15,22-23H,1,8,12H2,2H3,(H,34,38)/t14-,15+,22-/m0/s1. The Hall–Kier alpha value is -3.85. The maximum Gasteiger partial charge on any atom is 0.451 e. The van der Waals surface area contributed by atoms with Gasteiger partial charge in [-0.15, -0.1) is 6.58 Å². The number of pyridine rings is 1. The molecule has 1 N–H and O–H groups in total. The largest absolute Gasteiger partial charge is 0.451 e. The monoisotopic (exact) mass is 599 g/mol. The maximum atomic E-state index is 13.6. The summed E-state index contributed by atoms with van der Waals surface area (Å²) in [6.07, 6.45) is -3.87. The van der Waals surface area contributed by atoms with Crippen LogP contribution in [0.5, 0.6) is 0 Å². The fourth-order valence-corrected chi connectivity index (χ4v) is 6.43. The summed E-state index contributed by atoms with van der Waals surface area (Å²) < 4.78 is 107. The Kier molecular flexibility index (Phi) is 8.49. The van der Waals surface area contributed by atoms with Gasteiger partial charge in [0.05, 0.1) is 17.1 Å². The predicted molar refractivity (Wildman–Crippen MR) is 134 cm³/mol. The highest BCUT2D eigenvalue weighted by molar-refractivity contribution is 7.89. The molecule has 41 heavy (non-hydrogen) atoms. The summed E-state index contributed by atoms with van der Waals surface area (Å²) >= 11 is 0. The second kappa shape index (κ2) is 11.6. The van der Waals surface area contributed by atoms with Crippen molar-refractivity contribution in [2.75, 3.05) is 0 Å². The first-order valence-electron chi connectivity index (χ1n) is 12.1. The van der Waals surface area contributed by atoms with E-state index >= 15 is 0 Å². The van der Waals surface area contributed by atoms with E-state index in [0.29, 0.717) is 0 Å². The summed E-state index contributed by atoms with van der Waals surface area (Å²) in [7, 11) is -4.23. The number of alkyl halides is 5. The molecule has 8 nitrogen and oxygen atoms in total. The highest BCUT2D eigenvalue weighted by Crippen LogP contribution is 2.36. The Morgan fingerprint density at radius 2 is 1.78 bits per heavy atom. The number of aromatic nitrogens is 3. The first-order valence-corrected chi connectivity index (χ1v) is 13.5. The van der Waals surface area contributed by atoms with Gasteiger partial charge in [0.15, 0.2) is 0 Å². The third kappa shape index (κ3) is 6.25. The van der Waals surface area contributed by atoms with Crippen molar-refractivity contribution >= 4 is 15.9 Å². The van der Waals surface area contributed by atoms with Gasteiger partial charge in [-0.25, -0.2) is 31.6 Å². The van der Waals surface area contributed by atoms with Gasteiger partial charge in [0, 0.05) is 35.8 Å². The van der Waals surface area contributed by atoms with E-state index in [1.165, 1.54) is 6.08 Å². The number of sulfonamides is 1. The molecule has 1 saturated heterocycles. The molecule has 0 bridgehead atoms. The Morgan fingerprint density at radius 1 is 1.15 bits per heavy atom. The van der Waals surface area contributed by atoms with Gasteiger partial charge >= 0.3 is 6.18 Å². The molecule has 2 aromatic heterocycles. The minimum Gasteiger partial charge on any atom is -0.349 e. The van der Waals surface area contributed by atoms with Crippen LogP contribution in [0.1, 0.15) is 36.9 Å². The van der Waals surface area contributed by atoms with E-state index in [-0.39, 0.29) is 40.6 Å². The minimum absolute atomic E-state index is 0.0666. The van der Waals surface area contributed by atoms with Crippen LogP contribution in [0.3, 0.4) is 0 Å². The molecule has 1 fully saturated rings. The van der Waals surface area contributed by atoms with Crippen molar-refractivity contribution in [3.8, 4) is 11.1 Å². The highest BCUT2D eigenvalue weighted by atomic mass is 32.2. The summed E-state index contributed by atoms with van der Waals surface area (Å²) in [4.78, 5) is 23.4. The van der Waals surface area contributed by atoms with Crippen molar-refractivity contribution in [2.45, 2.75) is 49.5 Å². The lowest BCUT2D eigenvalue weighted by Crippen LogP contribution is -2.48. The molecule has 0 aliphatic carbocycles. The van der Waals surface area contributed by atoms with Crippen molar-refractivity contribution in [1.29, 1.82) is 0 Å². The Morgan fingerprint density at radius 3 is 2.34 bits per heavy atom. The van der Waals surface area contributed by atoms with Crippen molar-refractivity contribution in [3.63, 3.8) is 0 Å². The summed E-state index contributed by atoms with van der Waals surface area (Å²) in [6, 6.07) is 3.48. The number of benzene rings is 1. The minimum atomic E-state index is -4.82. The van der Waals surface area contributed by atoms with Gasteiger partial charge in [0.2, 0.25) is 21.8 Å². The van der Waals surface area contributed by atoms with Crippen LogP contribution < -0.4 is 5.32 Å². The molecule has 1 amide bonds. The van der Waals surface area contributed by atoms with Crippen molar-refractivity contribution in [3.05, 3.63) is 84.5 Å². The summed E-state index contributed by atoms with van der Waals surface area (Å²) in [6.45, 7) is 5.01. The van der Waals surface area contributed by atoms with Crippen LogP contribution in [-0.2, 0) is 27.5 Å². The van der Waals surface area contributed by atoms with Crippen LogP contribution in [-0.4, -0.2) is 45.7 Å². The van der Waals surface area contributed by atoms with E-state index in [4.69, 9.17) is 0 Å². The van der Waals surface area contributed by atoms with Gasteiger partial charge in [-0.3, -0.25) is 9.78 Å². The van der Waals surface area contributed by atoms with Crippen LogP contribution in [0.15, 0.2) is 66.5 Å². The van der Waals surface area contributed by atoms with Crippen LogP contribution in [0, 0.1) is 11.7 Å². The molecule has 3 heterocycles. The lowest BCUT2D eigenvalue weighted by molar-refractivity contribution is -0.145. The number of hydrogen-bond donors (Lipinski definition) is 1. The van der Waals surface area contributed by atoms with Crippen LogP contribution in [0.4, 0.5) is 26.3 Å². The lowest BCUT2D eigenvalue weighted by atomic mass is 10.0. The normalized spacial score (nSPS) is 19.9. The van der Waals surface area contributed by atoms with Gasteiger partial charge in [-0.05, 0) is 55.2 Å². The molecule has 3 aromatic rings. The number of nitrogens with one attached hydrogen (secondary N) is 1. The van der Waals surface area contributed by atoms with E-state index < -0.39 is 57.8 Å². The van der Waals surface area contributed by atoms with Crippen LogP contribution in [0.2, 0.25) is 0 Å². The molecule has 1 aliphatic rings. The molecular weight excluding hydrogens is 576 g/mol. The molecule has 218 valence electrons. The molecule has 0 radical (unpaired) electrons. The smallest absolute Gasteiger partial charge is 0.349 e. The van der Waals surface area contributed by atoms with Crippen molar-refractivity contribution in [2.24, 2.45) is 5.92 Å². The number of nitrogens with zero attached hydrogens (tertiary/aromatic N) is 4. The first-order chi connectivity index (χ1) is 19.2. The van der Waals surface area contributed by atoms with Gasteiger partial charge in [-0.2, -0.15) is 17.5 Å². The Bertz CT molecular complexity index is 1530. The number of rotatable bonds is 8. The average Bonchev–Trinajstić information content (AvgIpc) is 3.28. The second-order valence-corrected chi connectivity index (χ2v) is 11.1. The number of carbonyl (C=O) groups is 1. The van der Waals surface area contributed by atoms with Gasteiger partial charge in [0.25, 0.3) is 6.43 Å². The molecule has 0 unspecified atom stereocenters. The summed E-state index contributed by atoms with van der Waals surface area (Å²) in [5, 5.41) is 2.56. The van der Waals surface area contributed by atoms with Gasteiger partial charge < -0.3 is 5.32 Å². The zero-order valence-corrected chi connectivity index (χ0v) is 22.1. The molecular formula is C26H23F6N5O3S. The molecule has 4 rings (SSSR count). The average molecular weight is 600 g/mol. The molecule has 1 aliphatic heterocycles. The molecule has 3 atom stereocenters. The lowest BCUT2D eigenvalue weighted by Gasteiger charge is -2.27. The molecule has 0 saturated carbocycles. The summed E-state index contributed by atoms with van der Waals surface area (Å²) in [5.74, 6) is -3.16. The van der Waals surface area contributed by atoms with Gasteiger partial charge in [-0.1, -0.05) is 6.08 Å². The molecule has 0 spiro atoms. The van der Waals surface area contributed by atoms with E-state index in [1.54, 1.807) is 6.92 Å². The number of amides is 1. The van der Waals surface area contributed by atoms with Crippen LogP contribution >= 0.6 is 0 Å². The second-order valence-electron chi connectivity index (χ2n) is 9.26. The van der Waals surface area contributed by atoms with Crippen molar-refractivity contribution < 1.29 is 39.6 Å². The molecule has 1 aromatic carbocycles. The fraction of sp³-hybridized carbons (Fsp3) is 0.308. The quantitative estimate of drug-likeness (QED) is 0.292. The highest BCUT2D eigenvalue weighted by Gasteiger charge is 2.47. The van der Waals surface area contributed by atoms with E-state index in [0.717, 1.165) is 53.2 Å². The molecule has 15 heteroatoms. The first kappa shape index (κ1) is 30.1. The zero-order chi connectivity index (χ0) is 30.1. The maximum absolute atomic E-state index is 13.6. The third-order valence-electron chi connectivity index (χ3n) is 6.70.